The highest BCUT2D eigenvalue weighted by Crippen LogP contribution is 2.31. The van der Waals surface area contributed by atoms with Gasteiger partial charge in [0.2, 0.25) is 5.91 Å². The van der Waals surface area contributed by atoms with Gasteiger partial charge in [0, 0.05) is 22.9 Å². The van der Waals surface area contributed by atoms with Crippen LogP contribution in [0.4, 0.5) is 20.2 Å². The van der Waals surface area contributed by atoms with Crippen LogP contribution in [-0.4, -0.2) is 25.5 Å². The molecule has 6 nitrogen and oxygen atoms in total. The van der Waals surface area contributed by atoms with E-state index in [2.05, 4.69) is 15.4 Å². The van der Waals surface area contributed by atoms with E-state index in [4.69, 9.17) is 4.74 Å². The topological polar surface area (TPSA) is 76.7 Å². The molecule has 8 heteroatoms. The van der Waals surface area contributed by atoms with Gasteiger partial charge < -0.3 is 20.1 Å². The zero-order valence-electron chi connectivity index (χ0n) is 14.5. The molecule has 1 aliphatic carbocycles. The van der Waals surface area contributed by atoms with E-state index >= 15 is 0 Å². The fourth-order valence-electron chi connectivity index (χ4n) is 2.43. The van der Waals surface area contributed by atoms with Crippen molar-refractivity contribution in [2.75, 3.05) is 17.7 Å². The predicted molar refractivity (Wildman–Crippen MR) is 95.4 cm³/mol. The monoisotopic (exact) mass is 376 g/mol. The molecule has 2 aromatic rings. The normalized spacial score (nSPS) is 13.2. The molecule has 2 aromatic carbocycles. The van der Waals surface area contributed by atoms with Crippen LogP contribution in [0.2, 0.25) is 0 Å². The molecule has 0 bridgehead atoms. The maximum atomic E-state index is 12.4. The number of carbonyl (C=O) groups is 2. The Bertz CT molecular complexity index is 836. The van der Waals surface area contributed by atoms with Crippen molar-refractivity contribution in [2.45, 2.75) is 19.5 Å². The quantitative estimate of drug-likeness (QED) is 0.768. The molecule has 2 N–H and O–H groups in total. The van der Waals surface area contributed by atoms with E-state index in [0.29, 0.717) is 11.4 Å². The predicted octanol–water partition coefficient (Wildman–Crippen LogP) is 3.90. The van der Waals surface area contributed by atoms with Crippen molar-refractivity contribution < 1.29 is 27.8 Å². The zero-order valence-corrected chi connectivity index (χ0v) is 14.5. The highest BCUT2D eigenvalue weighted by atomic mass is 19.3. The van der Waals surface area contributed by atoms with Crippen LogP contribution in [0.1, 0.15) is 23.2 Å². The van der Waals surface area contributed by atoms with E-state index in [9.17, 15) is 18.4 Å². The number of ether oxygens (including phenoxy) is 2. The highest BCUT2D eigenvalue weighted by molar-refractivity contribution is 6.04. The van der Waals surface area contributed by atoms with Crippen LogP contribution >= 0.6 is 0 Å². The van der Waals surface area contributed by atoms with Gasteiger partial charge in [-0.25, -0.2) is 0 Å². The molecule has 3 rings (SSSR count). The first-order chi connectivity index (χ1) is 13.0. The number of hydrogen-bond donors (Lipinski definition) is 2. The lowest BCUT2D eigenvalue weighted by Crippen LogP contribution is -2.14. The Hall–Kier alpha value is -3.16. The lowest BCUT2D eigenvalue weighted by atomic mass is 10.1. The van der Waals surface area contributed by atoms with Crippen molar-refractivity contribution in [1.82, 2.24) is 0 Å². The van der Waals surface area contributed by atoms with Crippen LogP contribution < -0.4 is 20.1 Å². The molecular formula is C19H18F2N2O4. The number of benzene rings is 2. The lowest BCUT2D eigenvalue weighted by Gasteiger charge is -2.12. The molecule has 0 heterocycles. The van der Waals surface area contributed by atoms with Crippen molar-refractivity contribution >= 4 is 23.2 Å². The Morgan fingerprint density at radius 3 is 2.19 bits per heavy atom. The minimum absolute atomic E-state index is 0.00462. The summed E-state index contributed by atoms with van der Waals surface area (Å²) in [5.41, 5.74) is 1.40. The van der Waals surface area contributed by atoms with Gasteiger partial charge in [0.05, 0.1) is 7.11 Å². The van der Waals surface area contributed by atoms with Crippen molar-refractivity contribution in [3.05, 3.63) is 48.0 Å². The molecule has 142 valence electrons. The van der Waals surface area contributed by atoms with Crippen LogP contribution in [0.3, 0.4) is 0 Å². The van der Waals surface area contributed by atoms with E-state index in [1.807, 2.05) is 0 Å². The summed E-state index contributed by atoms with van der Waals surface area (Å²) in [6.07, 6.45) is 1.84. The molecule has 0 unspecified atom stereocenters. The number of methoxy groups -OCH3 is 1. The lowest BCUT2D eigenvalue weighted by molar-refractivity contribution is -0.117. The van der Waals surface area contributed by atoms with Gasteiger partial charge in [-0.05, 0) is 55.3 Å². The summed E-state index contributed by atoms with van der Waals surface area (Å²) in [4.78, 5) is 24.1. The van der Waals surface area contributed by atoms with Gasteiger partial charge in [-0.15, -0.1) is 0 Å². The fourth-order valence-corrected chi connectivity index (χ4v) is 2.43. The molecule has 0 aromatic heterocycles. The second-order valence-electron chi connectivity index (χ2n) is 6.04. The van der Waals surface area contributed by atoms with Gasteiger partial charge in [0.15, 0.2) is 11.5 Å². The summed E-state index contributed by atoms with van der Waals surface area (Å²) in [6.45, 7) is -2.99. The largest absolute Gasteiger partial charge is 0.493 e. The van der Waals surface area contributed by atoms with E-state index < -0.39 is 12.5 Å². The second-order valence-corrected chi connectivity index (χ2v) is 6.04. The van der Waals surface area contributed by atoms with Crippen molar-refractivity contribution in [3.63, 3.8) is 0 Å². The zero-order chi connectivity index (χ0) is 19.4. The number of hydrogen-bond acceptors (Lipinski definition) is 4. The molecule has 0 aliphatic heterocycles. The molecule has 2 amide bonds. The number of nitrogens with one attached hydrogen (secondary N) is 2. The van der Waals surface area contributed by atoms with Gasteiger partial charge in [0.1, 0.15) is 0 Å². The van der Waals surface area contributed by atoms with Gasteiger partial charge >= 0.3 is 6.61 Å². The van der Waals surface area contributed by atoms with E-state index in [-0.39, 0.29) is 28.9 Å². The Morgan fingerprint density at radius 1 is 1.00 bits per heavy atom. The smallest absolute Gasteiger partial charge is 0.387 e. The summed E-state index contributed by atoms with van der Waals surface area (Å²) in [6, 6.07) is 10.6. The third-order valence-corrected chi connectivity index (χ3v) is 4.00. The van der Waals surface area contributed by atoms with Crippen molar-refractivity contribution in [1.29, 1.82) is 0 Å². The minimum atomic E-state index is -2.99. The molecule has 0 atom stereocenters. The Balaban J connectivity index is 1.64. The minimum Gasteiger partial charge on any atom is -0.493 e. The molecule has 1 fully saturated rings. The van der Waals surface area contributed by atoms with Crippen LogP contribution in [0.15, 0.2) is 42.5 Å². The summed E-state index contributed by atoms with van der Waals surface area (Å²) in [7, 11) is 1.30. The Labute approximate surface area is 154 Å². The van der Waals surface area contributed by atoms with E-state index in [0.717, 1.165) is 12.8 Å². The van der Waals surface area contributed by atoms with Crippen LogP contribution in [0.5, 0.6) is 11.5 Å². The Kier molecular flexibility index (Phi) is 5.54. The van der Waals surface area contributed by atoms with Crippen molar-refractivity contribution in [3.8, 4) is 11.5 Å². The van der Waals surface area contributed by atoms with Crippen LogP contribution in [-0.2, 0) is 4.79 Å². The molecular weight excluding hydrogens is 358 g/mol. The highest BCUT2D eigenvalue weighted by Gasteiger charge is 2.29. The number of amides is 2. The second kappa shape index (κ2) is 8.03. The standard InChI is InChI=1S/C19H18F2N2O4/c1-26-16-10-12(4-9-15(16)27-19(20)21)18(25)23-14-7-5-13(6-8-14)22-17(24)11-2-3-11/h4-11,19H,2-3H2,1H3,(H,22,24)(H,23,25). The first-order valence-electron chi connectivity index (χ1n) is 8.31. The summed E-state index contributed by atoms with van der Waals surface area (Å²) < 4.78 is 34.0. The van der Waals surface area contributed by atoms with Crippen LogP contribution in [0, 0.1) is 5.92 Å². The number of anilines is 2. The summed E-state index contributed by atoms with van der Waals surface area (Å²) in [5, 5.41) is 5.50. The van der Waals surface area contributed by atoms with E-state index in [1.54, 1.807) is 24.3 Å². The first kappa shape index (κ1) is 18.6. The van der Waals surface area contributed by atoms with Gasteiger partial charge in [-0.1, -0.05) is 0 Å². The summed E-state index contributed by atoms with van der Waals surface area (Å²) >= 11 is 0. The fraction of sp³-hybridized carbons (Fsp3) is 0.263. The first-order valence-corrected chi connectivity index (χ1v) is 8.31. The average Bonchev–Trinajstić information content (AvgIpc) is 3.48. The molecule has 1 aliphatic rings. The van der Waals surface area contributed by atoms with Crippen LogP contribution in [0.25, 0.3) is 0 Å². The number of carbonyl (C=O) groups excluding carboxylic acids is 2. The Morgan fingerprint density at radius 2 is 1.63 bits per heavy atom. The van der Waals surface area contributed by atoms with Gasteiger partial charge in [0.25, 0.3) is 5.91 Å². The maximum Gasteiger partial charge on any atom is 0.387 e. The number of rotatable bonds is 7. The molecule has 0 radical (unpaired) electrons. The molecule has 0 spiro atoms. The maximum absolute atomic E-state index is 12.4. The SMILES string of the molecule is COc1cc(C(=O)Nc2ccc(NC(=O)C3CC3)cc2)ccc1OC(F)F. The third kappa shape index (κ3) is 4.93. The molecule has 27 heavy (non-hydrogen) atoms. The van der Waals surface area contributed by atoms with Gasteiger partial charge in [-0.3, -0.25) is 9.59 Å². The summed E-state index contributed by atoms with van der Waals surface area (Å²) in [5.74, 6) is -0.450. The van der Waals surface area contributed by atoms with E-state index in [1.165, 1.54) is 25.3 Å². The third-order valence-electron chi connectivity index (χ3n) is 4.00. The average molecular weight is 376 g/mol. The molecule has 1 saturated carbocycles. The number of alkyl halides is 2. The molecule has 0 saturated heterocycles. The number of halogens is 2. The van der Waals surface area contributed by atoms with Crippen molar-refractivity contribution in [2.24, 2.45) is 5.92 Å². The van der Waals surface area contributed by atoms with Gasteiger partial charge in [-0.2, -0.15) is 8.78 Å².